The Kier molecular flexibility index (Phi) is 7.40. The smallest absolute Gasteiger partial charge is 0.255 e. The van der Waals surface area contributed by atoms with Crippen molar-refractivity contribution in [1.82, 2.24) is 10.0 Å². The zero-order valence-corrected chi connectivity index (χ0v) is 19.5. The van der Waals surface area contributed by atoms with E-state index in [9.17, 15) is 18.0 Å². The second-order valence-electron chi connectivity index (χ2n) is 8.32. The molecule has 3 N–H and O–H groups in total. The van der Waals surface area contributed by atoms with Gasteiger partial charge in [0.1, 0.15) is 0 Å². The first-order chi connectivity index (χ1) is 16.4. The number of hydrogen-bond acceptors (Lipinski definition) is 4. The number of benzene rings is 3. The van der Waals surface area contributed by atoms with Crippen LogP contribution in [-0.4, -0.2) is 26.3 Å². The molecule has 7 nitrogen and oxygen atoms in total. The van der Waals surface area contributed by atoms with Gasteiger partial charge in [0.15, 0.2) is 0 Å². The molecule has 0 radical (unpaired) electrons. The first kappa shape index (κ1) is 23.7. The third-order valence-electron chi connectivity index (χ3n) is 5.81. The van der Waals surface area contributed by atoms with Crippen molar-refractivity contribution in [2.24, 2.45) is 0 Å². The molecule has 4 rings (SSSR count). The van der Waals surface area contributed by atoms with Crippen LogP contribution in [0.4, 0.5) is 5.69 Å². The van der Waals surface area contributed by atoms with Gasteiger partial charge in [-0.3, -0.25) is 9.59 Å². The van der Waals surface area contributed by atoms with E-state index in [0.717, 1.165) is 31.2 Å². The molecule has 0 unspecified atom stereocenters. The average Bonchev–Trinajstić information content (AvgIpc) is 3.37. The zero-order valence-electron chi connectivity index (χ0n) is 18.7. The summed E-state index contributed by atoms with van der Waals surface area (Å²) in [5.41, 5.74) is 2.09. The third-order valence-corrected chi connectivity index (χ3v) is 7.21. The Morgan fingerprint density at radius 1 is 0.794 bits per heavy atom. The van der Waals surface area contributed by atoms with Crippen molar-refractivity contribution >= 4 is 27.5 Å². The van der Waals surface area contributed by atoms with Crippen LogP contribution in [0.2, 0.25) is 0 Å². The number of anilines is 1. The summed E-state index contributed by atoms with van der Waals surface area (Å²) in [7, 11) is -3.79. The molecule has 0 aliphatic heterocycles. The van der Waals surface area contributed by atoms with Crippen molar-refractivity contribution in [2.75, 3.05) is 5.32 Å². The summed E-state index contributed by atoms with van der Waals surface area (Å²) in [6.45, 7) is 0.153. The number of sulfonamides is 1. The van der Waals surface area contributed by atoms with Crippen molar-refractivity contribution in [1.29, 1.82) is 0 Å². The van der Waals surface area contributed by atoms with Gasteiger partial charge in [0.05, 0.1) is 4.90 Å². The first-order valence-electron chi connectivity index (χ1n) is 11.3. The van der Waals surface area contributed by atoms with Gasteiger partial charge < -0.3 is 10.6 Å². The number of hydrogen-bond donors (Lipinski definition) is 3. The normalized spacial score (nSPS) is 14.0. The molecule has 0 aromatic heterocycles. The Hall–Kier alpha value is -3.49. The van der Waals surface area contributed by atoms with Gasteiger partial charge in [0.25, 0.3) is 11.8 Å². The van der Waals surface area contributed by atoms with Crippen LogP contribution in [0.3, 0.4) is 0 Å². The molecule has 1 fully saturated rings. The molecule has 2 amide bonds. The lowest BCUT2D eigenvalue weighted by molar-refractivity contribution is 0.0937. The maximum Gasteiger partial charge on any atom is 0.255 e. The standard InChI is InChI=1S/C26H27N3O4S/c30-25(28-22-10-4-5-11-22)20-13-15-23(16-14-20)29-26(31)21-9-6-12-24(17-21)34(32,33)27-18-19-7-2-1-3-8-19/h1-3,6-9,12-17,22,27H,4-5,10-11,18H2,(H,28,30)(H,29,31). The van der Waals surface area contributed by atoms with Crippen molar-refractivity contribution in [3.05, 3.63) is 95.6 Å². The quantitative estimate of drug-likeness (QED) is 0.455. The van der Waals surface area contributed by atoms with Gasteiger partial charge in [-0.15, -0.1) is 0 Å². The van der Waals surface area contributed by atoms with Crippen molar-refractivity contribution in [3.8, 4) is 0 Å². The van der Waals surface area contributed by atoms with Gasteiger partial charge in [-0.2, -0.15) is 0 Å². The van der Waals surface area contributed by atoms with Crippen LogP contribution in [0, 0.1) is 0 Å². The van der Waals surface area contributed by atoms with Crippen LogP contribution in [0.5, 0.6) is 0 Å². The van der Waals surface area contributed by atoms with E-state index in [1.807, 2.05) is 30.3 Å². The highest BCUT2D eigenvalue weighted by atomic mass is 32.2. The molecule has 34 heavy (non-hydrogen) atoms. The van der Waals surface area contributed by atoms with Crippen molar-refractivity contribution in [2.45, 2.75) is 43.2 Å². The molecule has 0 atom stereocenters. The minimum absolute atomic E-state index is 0.00927. The predicted molar refractivity (Wildman–Crippen MR) is 131 cm³/mol. The maximum atomic E-state index is 12.7. The number of rotatable bonds is 8. The highest BCUT2D eigenvalue weighted by Gasteiger charge is 2.19. The molecule has 3 aromatic rings. The Bertz CT molecular complexity index is 1250. The molecule has 0 heterocycles. The average molecular weight is 478 g/mol. The molecular weight excluding hydrogens is 450 g/mol. The van der Waals surface area contributed by atoms with Gasteiger partial charge in [-0.1, -0.05) is 49.2 Å². The number of carbonyl (C=O) groups excluding carboxylic acids is 2. The van der Waals surface area contributed by atoms with E-state index in [2.05, 4.69) is 15.4 Å². The highest BCUT2D eigenvalue weighted by molar-refractivity contribution is 7.89. The molecule has 3 aromatic carbocycles. The summed E-state index contributed by atoms with van der Waals surface area (Å²) in [4.78, 5) is 25.1. The molecule has 0 saturated heterocycles. The lowest BCUT2D eigenvalue weighted by Crippen LogP contribution is -2.32. The fourth-order valence-electron chi connectivity index (χ4n) is 3.91. The van der Waals surface area contributed by atoms with E-state index < -0.39 is 15.9 Å². The Morgan fingerprint density at radius 2 is 1.50 bits per heavy atom. The summed E-state index contributed by atoms with van der Waals surface area (Å²) in [5, 5.41) is 5.78. The molecule has 176 valence electrons. The molecule has 1 saturated carbocycles. The summed E-state index contributed by atoms with van der Waals surface area (Å²) in [6.07, 6.45) is 4.30. The van der Waals surface area contributed by atoms with Gasteiger partial charge in [-0.05, 0) is 60.9 Å². The van der Waals surface area contributed by atoms with Crippen LogP contribution in [0.25, 0.3) is 0 Å². The second kappa shape index (κ2) is 10.6. The molecule has 0 spiro atoms. The summed E-state index contributed by atoms with van der Waals surface area (Å²) < 4.78 is 27.9. The molecule has 1 aliphatic rings. The fourth-order valence-corrected chi connectivity index (χ4v) is 4.97. The molecule has 0 bridgehead atoms. The Morgan fingerprint density at radius 3 is 2.21 bits per heavy atom. The van der Waals surface area contributed by atoms with Crippen molar-refractivity contribution < 1.29 is 18.0 Å². The van der Waals surface area contributed by atoms with Crippen molar-refractivity contribution in [3.63, 3.8) is 0 Å². The lowest BCUT2D eigenvalue weighted by Gasteiger charge is -2.12. The second-order valence-corrected chi connectivity index (χ2v) is 10.1. The number of nitrogens with one attached hydrogen (secondary N) is 3. The van der Waals surface area contributed by atoms with Crippen LogP contribution in [0.1, 0.15) is 52.0 Å². The molecule has 1 aliphatic carbocycles. The van der Waals surface area contributed by atoms with E-state index in [4.69, 9.17) is 0 Å². The summed E-state index contributed by atoms with van der Waals surface area (Å²) >= 11 is 0. The minimum atomic E-state index is -3.79. The Balaban J connectivity index is 1.38. The van der Waals surface area contributed by atoms with E-state index >= 15 is 0 Å². The van der Waals surface area contributed by atoms with Gasteiger partial charge >= 0.3 is 0 Å². The fraction of sp³-hybridized carbons (Fsp3) is 0.231. The number of carbonyl (C=O) groups is 2. The van der Waals surface area contributed by atoms with Gasteiger partial charge in [-0.25, -0.2) is 13.1 Å². The maximum absolute atomic E-state index is 12.7. The molecular formula is C26H27N3O4S. The first-order valence-corrected chi connectivity index (χ1v) is 12.7. The lowest BCUT2D eigenvalue weighted by atomic mass is 10.1. The molecule has 8 heteroatoms. The monoisotopic (exact) mass is 477 g/mol. The topological polar surface area (TPSA) is 104 Å². The van der Waals surface area contributed by atoms with Crippen LogP contribution in [0.15, 0.2) is 83.8 Å². The van der Waals surface area contributed by atoms with E-state index in [1.54, 1.807) is 30.3 Å². The van der Waals surface area contributed by atoms with Crippen LogP contribution in [-0.2, 0) is 16.6 Å². The zero-order chi connectivity index (χ0) is 24.0. The third kappa shape index (κ3) is 6.09. The Labute approximate surface area is 199 Å². The minimum Gasteiger partial charge on any atom is -0.349 e. The van der Waals surface area contributed by atoms with E-state index in [0.29, 0.717) is 11.3 Å². The van der Waals surface area contributed by atoms with Crippen LogP contribution >= 0.6 is 0 Å². The number of amides is 2. The predicted octanol–water partition coefficient (Wildman–Crippen LogP) is 4.09. The largest absolute Gasteiger partial charge is 0.349 e. The summed E-state index contributed by atoms with van der Waals surface area (Å²) in [6, 6.07) is 21.9. The van der Waals surface area contributed by atoms with Crippen LogP contribution < -0.4 is 15.4 Å². The van der Waals surface area contributed by atoms with E-state index in [-0.39, 0.29) is 29.0 Å². The SMILES string of the molecule is O=C(Nc1ccc(C(=O)NC2CCCC2)cc1)c1cccc(S(=O)(=O)NCc2ccccc2)c1. The van der Waals surface area contributed by atoms with Gasteiger partial charge in [0, 0.05) is 29.4 Å². The summed E-state index contributed by atoms with van der Waals surface area (Å²) in [5.74, 6) is -0.561. The van der Waals surface area contributed by atoms with Gasteiger partial charge in [0.2, 0.25) is 10.0 Å². The van der Waals surface area contributed by atoms with E-state index in [1.165, 1.54) is 18.2 Å². The highest BCUT2D eigenvalue weighted by Crippen LogP contribution is 2.19.